The van der Waals surface area contributed by atoms with Crippen LogP contribution >= 0.6 is 11.8 Å². The molecule has 0 fully saturated rings. The molecular formula is C48H29N3S. The number of fused-ring (bicyclic) bond motifs is 9. The normalized spacial score (nSPS) is 13.1. The molecule has 52 heavy (non-hydrogen) atoms. The minimum Gasteiger partial charge on any atom is -0.228 e. The fourth-order valence-corrected chi connectivity index (χ4v) is 9.31. The highest BCUT2D eigenvalue weighted by Gasteiger charge is 2.50. The van der Waals surface area contributed by atoms with Crippen molar-refractivity contribution in [1.82, 2.24) is 9.97 Å². The van der Waals surface area contributed by atoms with Gasteiger partial charge in [-0.15, -0.1) is 0 Å². The van der Waals surface area contributed by atoms with Crippen molar-refractivity contribution in [2.75, 3.05) is 0 Å². The quantitative estimate of drug-likeness (QED) is 0.186. The van der Waals surface area contributed by atoms with E-state index in [2.05, 4.69) is 133 Å². The van der Waals surface area contributed by atoms with E-state index in [0.717, 1.165) is 50.3 Å². The summed E-state index contributed by atoms with van der Waals surface area (Å²) in [6.45, 7) is 0. The second-order valence-corrected chi connectivity index (χ2v) is 14.3. The van der Waals surface area contributed by atoms with E-state index in [-0.39, 0.29) is 0 Å². The van der Waals surface area contributed by atoms with Crippen LogP contribution in [0.25, 0.3) is 56.2 Å². The predicted molar refractivity (Wildman–Crippen MR) is 210 cm³/mol. The fourth-order valence-electron chi connectivity index (χ4n) is 8.12. The van der Waals surface area contributed by atoms with Crippen LogP contribution in [0.4, 0.5) is 0 Å². The predicted octanol–water partition coefficient (Wildman–Crippen LogP) is 11.8. The Hall–Kier alpha value is -6.54. The summed E-state index contributed by atoms with van der Waals surface area (Å²) in [4.78, 5) is 12.6. The first-order chi connectivity index (χ1) is 25.7. The van der Waals surface area contributed by atoms with Gasteiger partial charge in [-0.2, -0.15) is 5.26 Å². The first kappa shape index (κ1) is 30.3. The van der Waals surface area contributed by atoms with Gasteiger partial charge in [0.2, 0.25) is 0 Å². The lowest BCUT2D eigenvalue weighted by molar-refractivity contribution is 0.722. The number of nitriles is 1. The van der Waals surface area contributed by atoms with E-state index in [1.165, 1.54) is 32.0 Å². The zero-order valence-electron chi connectivity index (χ0n) is 28.0. The summed E-state index contributed by atoms with van der Waals surface area (Å²) in [6, 6.07) is 64.2. The Kier molecular flexibility index (Phi) is 7.02. The first-order valence-electron chi connectivity index (χ1n) is 17.4. The highest BCUT2D eigenvalue weighted by Crippen LogP contribution is 2.63. The fraction of sp³-hybridized carbons (Fsp3) is 0.0208. The molecule has 1 aromatic heterocycles. The van der Waals surface area contributed by atoms with Crippen molar-refractivity contribution < 1.29 is 0 Å². The van der Waals surface area contributed by atoms with Crippen molar-refractivity contribution in [3.63, 3.8) is 0 Å². The molecule has 3 nitrogen and oxygen atoms in total. The van der Waals surface area contributed by atoms with Gasteiger partial charge in [-0.1, -0.05) is 157 Å². The maximum atomic E-state index is 10.4. The molecule has 0 atom stereocenters. The average Bonchev–Trinajstić information content (AvgIpc) is 3.51. The molecule has 7 aromatic carbocycles. The Balaban J connectivity index is 1.13. The third kappa shape index (κ3) is 4.60. The second-order valence-electron chi connectivity index (χ2n) is 13.2. The maximum Gasteiger partial charge on any atom is 0.160 e. The van der Waals surface area contributed by atoms with Crippen LogP contribution in [0.1, 0.15) is 27.8 Å². The SMILES string of the molecule is N#Cc1cccc2c1-c1ccc(-c3ccc(-c4nc(-c5ccccc5)cc(-c5ccccc5)n4)cc3)cc1C21c2ccccc2Sc2ccccc21. The van der Waals surface area contributed by atoms with Gasteiger partial charge in [0, 0.05) is 32.0 Å². The molecule has 1 aliphatic heterocycles. The molecule has 1 spiro atoms. The molecule has 2 heterocycles. The molecule has 8 aromatic rings. The van der Waals surface area contributed by atoms with Gasteiger partial charge in [-0.3, -0.25) is 0 Å². The molecule has 1 aliphatic carbocycles. The average molecular weight is 680 g/mol. The molecule has 0 amide bonds. The lowest BCUT2D eigenvalue weighted by Crippen LogP contribution is -2.32. The summed E-state index contributed by atoms with van der Waals surface area (Å²) in [6.07, 6.45) is 0. The van der Waals surface area contributed by atoms with E-state index in [0.29, 0.717) is 11.4 Å². The summed E-state index contributed by atoms with van der Waals surface area (Å²) in [5.74, 6) is 0.687. The van der Waals surface area contributed by atoms with E-state index in [4.69, 9.17) is 9.97 Å². The topological polar surface area (TPSA) is 49.6 Å². The van der Waals surface area contributed by atoms with Crippen molar-refractivity contribution >= 4 is 11.8 Å². The van der Waals surface area contributed by atoms with Gasteiger partial charge >= 0.3 is 0 Å². The molecule has 4 heteroatoms. The Morgan fingerprint density at radius 1 is 0.442 bits per heavy atom. The van der Waals surface area contributed by atoms with E-state index in [1.807, 2.05) is 60.3 Å². The lowest BCUT2D eigenvalue weighted by Gasteiger charge is -2.39. The summed E-state index contributed by atoms with van der Waals surface area (Å²) >= 11 is 1.82. The molecule has 242 valence electrons. The second kappa shape index (κ2) is 12.1. The maximum absolute atomic E-state index is 10.4. The number of hydrogen-bond acceptors (Lipinski definition) is 4. The van der Waals surface area contributed by atoms with Gasteiger partial charge in [0.25, 0.3) is 0 Å². The van der Waals surface area contributed by atoms with Crippen LogP contribution in [-0.2, 0) is 5.41 Å². The van der Waals surface area contributed by atoms with E-state index >= 15 is 0 Å². The first-order valence-corrected chi connectivity index (χ1v) is 18.2. The Labute approximate surface area is 307 Å². The van der Waals surface area contributed by atoms with Crippen LogP contribution in [0.5, 0.6) is 0 Å². The van der Waals surface area contributed by atoms with Crippen LogP contribution in [0.15, 0.2) is 186 Å². The van der Waals surface area contributed by atoms with E-state index < -0.39 is 5.41 Å². The van der Waals surface area contributed by atoms with Crippen LogP contribution in [0.2, 0.25) is 0 Å². The van der Waals surface area contributed by atoms with Gasteiger partial charge < -0.3 is 0 Å². The minimum atomic E-state index is -0.550. The lowest BCUT2D eigenvalue weighted by atomic mass is 9.67. The largest absolute Gasteiger partial charge is 0.228 e. The molecule has 10 rings (SSSR count). The molecule has 0 N–H and O–H groups in total. The molecule has 0 radical (unpaired) electrons. The van der Waals surface area contributed by atoms with Gasteiger partial charge in [-0.25, -0.2) is 9.97 Å². The van der Waals surface area contributed by atoms with Crippen LogP contribution in [-0.4, -0.2) is 9.97 Å². The van der Waals surface area contributed by atoms with Gasteiger partial charge in [0.15, 0.2) is 5.82 Å². The third-order valence-electron chi connectivity index (χ3n) is 10.4. The van der Waals surface area contributed by atoms with Crippen molar-refractivity contribution in [1.29, 1.82) is 5.26 Å². The van der Waals surface area contributed by atoms with Crippen molar-refractivity contribution in [2.24, 2.45) is 0 Å². The Bertz CT molecular complexity index is 2610. The minimum absolute atomic E-state index is 0.550. The highest BCUT2D eigenvalue weighted by molar-refractivity contribution is 7.99. The van der Waals surface area contributed by atoms with Crippen molar-refractivity contribution in [3.8, 4) is 62.2 Å². The Morgan fingerprint density at radius 3 is 1.60 bits per heavy atom. The molecule has 0 unspecified atom stereocenters. The monoisotopic (exact) mass is 679 g/mol. The number of aromatic nitrogens is 2. The molecule has 0 saturated heterocycles. The van der Waals surface area contributed by atoms with Crippen LogP contribution in [0.3, 0.4) is 0 Å². The number of hydrogen-bond donors (Lipinski definition) is 0. The number of benzene rings is 7. The van der Waals surface area contributed by atoms with Crippen LogP contribution in [0, 0.1) is 11.3 Å². The van der Waals surface area contributed by atoms with Gasteiger partial charge in [0.05, 0.1) is 28.4 Å². The van der Waals surface area contributed by atoms with E-state index in [1.54, 1.807) is 0 Å². The molecule has 2 aliphatic rings. The van der Waals surface area contributed by atoms with Crippen molar-refractivity contribution in [3.05, 3.63) is 204 Å². The molecular weight excluding hydrogens is 651 g/mol. The van der Waals surface area contributed by atoms with Crippen LogP contribution < -0.4 is 0 Å². The summed E-state index contributed by atoms with van der Waals surface area (Å²) in [5, 5.41) is 10.4. The van der Waals surface area contributed by atoms with Crippen molar-refractivity contribution in [2.45, 2.75) is 15.2 Å². The third-order valence-corrected chi connectivity index (χ3v) is 11.6. The Morgan fingerprint density at radius 2 is 0.981 bits per heavy atom. The zero-order chi connectivity index (χ0) is 34.6. The standard InChI is InChI=1S/C48H29N3S/c49-30-36-16-11-19-40-46(36)37-27-26-35(28-41(37)48(40)38-17-7-9-20-44(38)52-45-21-10-8-18-39(45)48)31-22-24-34(25-23-31)47-50-42(32-12-3-1-4-13-32)29-43(51-47)33-14-5-2-6-15-33/h1-29H. The van der Waals surface area contributed by atoms with Gasteiger partial charge in [-0.05, 0) is 69.3 Å². The highest BCUT2D eigenvalue weighted by atomic mass is 32.2. The number of nitrogens with zero attached hydrogens (tertiary/aromatic N) is 3. The summed E-state index contributed by atoms with van der Waals surface area (Å²) in [7, 11) is 0. The zero-order valence-corrected chi connectivity index (χ0v) is 28.8. The smallest absolute Gasteiger partial charge is 0.160 e. The number of rotatable bonds is 4. The van der Waals surface area contributed by atoms with Gasteiger partial charge in [0.1, 0.15) is 0 Å². The summed E-state index contributed by atoms with van der Waals surface area (Å²) < 4.78 is 0. The van der Waals surface area contributed by atoms with E-state index in [9.17, 15) is 5.26 Å². The molecule has 0 bridgehead atoms. The summed E-state index contributed by atoms with van der Waals surface area (Å²) in [5.41, 5.74) is 14.2. The molecule has 0 saturated carbocycles.